The zero-order valence-electron chi connectivity index (χ0n) is 11.0. The molecule has 0 aromatic heterocycles. The summed E-state index contributed by atoms with van der Waals surface area (Å²) in [4.78, 5) is 13.9. The van der Waals surface area contributed by atoms with Gasteiger partial charge >= 0.3 is 0 Å². The van der Waals surface area contributed by atoms with E-state index in [0.29, 0.717) is 6.54 Å². The Hall–Kier alpha value is -1.06. The van der Waals surface area contributed by atoms with E-state index in [1.54, 1.807) is 0 Å². The van der Waals surface area contributed by atoms with Gasteiger partial charge in [0.25, 0.3) is 0 Å². The van der Waals surface area contributed by atoms with E-state index in [0.717, 1.165) is 19.4 Å². The number of hydrogen-bond acceptors (Lipinski definition) is 2. The lowest BCUT2D eigenvalue weighted by molar-refractivity contribution is -0.132. The maximum absolute atomic E-state index is 12.1. The molecule has 1 saturated heterocycles. The van der Waals surface area contributed by atoms with Crippen molar-refractivity contribution < 1.29 is 4.79 Å². The fraction of sp³-hybridized carbons (Fsp3) is 0.500. The Bertz CT molecular complexity index is 403. The first-order valence-corrected chi connectivity index (χ1v) is 6.21. The molecular formula is C14H21ClN2O. The van der Waals surface area contributed by atoms with Gasteiger partial charge in [-0.15, -0.1) is 12.4 Å². The third-order valence-corrected chi connectivity index (χ3v) is 3.40. The molecule has 1 aromatic rings. The van der Waals surface area contributed by atoms with Crippen LogP contribution in [0.25, 0.3) is 0 Å². The van der Waals surface area contributed by atoms with E-state index in [9.17, 15) is 4.79 Å². The standard InChI is InChI=1S/C14H20N2O.ClH/c1-11-6-3-4-7-12(11)10-16(2)14(17)13-8-5-9-15-13;/h3-4,6-7,13,15H,5,8-10H2,1-2H3;1H. The number of amides is 1. The number of halogens is 1. The maximum atomic E-state index is 12.1. The van der Waals surface area contributed by atoms with Crippen molar-refractivity contribution in [3.63, 3.8) is 0 Å². The summed E-state index contributed by atoms with van der Waals surface area (Å²) in [7, 11) is 1.88. The number of nitrogens with zero attached hydrogens (tertiary/aromatic N) is 1. The number of hydrogen-bond donors (Lipinski definition) is 1. The molecule has 100 valence electrons. The van der Waals surface area contributed by atoms with Gasteiger partial charge in [0.05, 0.1) is 6.04 Å². The topological polar surface area (TPSA) is 32.3 Å². The van der Waals surface area contributed by atoms with Crippen LogP contribution < -0.4 is 5.32 Å². The lowest BCUT2D eigenvalue weighted by Crippen LogP contribution is -2.41. The molecule has 1 N–H and O–H groups in total. The Labute approximate surface area is 115 Å². The van der Waals surface area contributed by atoms with Gasteiger partial charge < -0.3 is 10.2 Å². The minimum atomic E-state index is 0. The normalized spacial score (nSPS) is 18.2. The summed E-state index contributed by atoms with van der Waals surface area (Å²) in [5.41, 5.74) is 2.47. The van der Waals surface area contributed by atoms with Gasteiger partial charge in [0, 0.05) is 13.6 Å². The third kappa shape index (κ3) is 3.47. The van der Waals surface area contributed by atoms with Crippen LogP contribution in [0.3, 0.4) is 0 Å². The number of benzene rings is 1. The second kappa shape index (κ2) is 6.76. The number of nitrogens with one attached hydrogen (secondary N) is 1. The van der Waals surface area contributed by atoms with Crippen LogP contribution in [0.4, 0.5) is 0 Å². The highest BCUT2D eigenvalue weighted by molar-refractivity contribution is 5.85. The number of rotatable bonds is 3. The highest BCUT2D eigenvalue weighted by Gasteiger charge is 2.24. The third-order valence-electron chi connectivity index (χ3n) is 3.40. The van der Waals surface area contributed by atoms with Gasteiger partial charge in [-0.1, -0.05) is 24.3 Å². The minimum Gasteiger partial charge on any atom is -0.340 e. The molecule has 18 heavy (non-hydrogen) atoms. The van der Waals surface area contributed by atoms with Crippen molar-refractivity contribution in [3.8, 4) is 0 Å². The van der Waals surface area contributed by atoms with Gasteiger partial charge in [-0.05, 0) is 37.4 Å². The first-order valence-electron chi connectivity index (χ1n) is 6.21. The van der Waals surface area contributed by atoms with Crippen molar-refractivity contribution >= 4 is 18.3 Å². The van der Waals surface area contributed by atoms with Gasteiger partial charge in [-0.2, -0.15) is 0 Å². The Morgan fingerprint density at radius 2 is 2.17 bits per heavy atom. The van der Waals surface area contributed by atoms with Crippen molar-refractivity contribution in [1.29, 1.82) is 0 Å². The molecule has 1 aliphatic rings. The Kier molecular flexibility index (Phi) is 5.63. The van der Waals surface area contributed by atoms with Crippen molar-refractivity contribution in [2.24, 2.45) is 0 Å². The van der Waals surface area contributed by atoms with Crippen LogP contribution in [0.1, 0.15) is 24.0 Å². The van der Waals surface area contributed by atoms with Gasteiger partial charge in [-0.25, -0.2) is 0 Å². The second-order valence-electron chi connectivity index (χ2n) is 4.77. The summed E-state index contributed by atoms with van der Waals surface area (Å²) >= 11 is 0. The molecule has 0 bridgehead atoms. The Morgan fingerprint density at radius 3 is 2.78 bits per heavy atom. The molecule has 2 rings (SSSR count). The molecule has 1 atom stereocenters. The molecule has 1 aromatic carbocycles. The second-order valence-corrected chi connectivity index (χ2v) is 4.77. The van der Waals surface area contributed by atoms with Gasteiger partial charge in [0.15, 0.2) is 0 Å². The van der Waals surface area contributed by atoms with E-state index in [1.807, 2.05) is 24.1 Å². The van der Waals surface area contributed by atoms with Crippen LogP contribution in [-0.2, 0) is 11.3 Å². The molecule has 1 fully saturated rings. The Balaban J connectivity index is 0.00000162. The summed E-state index contributed by atoms with van der Waals surface area (Å²) in [5, 5.41) is 3.25. The molecule has 3 nitrogen and oxygen atoms in total. The van der Waals surface area contributed by atoms with E-state index in [4.69, 9.17) is 0 Å². The summed E-state index contributed by atoms with van der Waals surface area (Å²) < 4.78 is 0. The largest absolute Gasteiger partial charge is 0.340 e. The molecule has 0 saturated carbocycles. The summed E-state index contributed by atoms with van der Waals surface area (Å²) in [6, 6.07) is 8.25. The molecule has 0 aliphatic carbocycles. The van der Waals surface area contributed by atoms with E-state index >= 15 is 0 Å². The van der Waals surface area contributed by atoms with Crippen LogP contribution >= 0.6 is 12.4 Å². The van der Waals surface area contributed by atoms with E-state index in [2.05, 4.69) is 24.4 Å². The monoisotopic (exact) mass is 268 g/mol. The van der Waals surface area contributed by atoms with Gasteiger partial charge in [0.2, 0.25) is 5.91 Å². The SMILES string of the molecule is Cc1ccccc1CN(C)C(=O)C1CCCN1.Cl. The van der Waals surface area contributed by atoms with E-state index < -0.39 is 0 Å². The van der Waals surface area contributed by atoms with Crippen LogP contribution in [0.2, 0.25) is 0 Å². The minimum absolute atomic E-state index is 0. The predicted octanol–water partition coefficient (Wildman–Crippen LogP) is 2.13. The van der Waals surface area contributed by atoms with E-state index in [-0.39, 0.29) is 24.4 Å². The molecule has 0 radical (unpaired) electrons. The lowest BCUT2D eigenvalue weighted by Gasteiger charge is -2.22. The fourth-order valence-corrected chi connectivity index (χ4v) is 2.28. The Morgan fingerprint density at radius 1 is 1.44 bits per heavy atom. The average Bonchev–Trinajstić information content (AvgIpc) is 2.84. The predicted molar refractivity (Wildman–Crippen MR) is 75.9 cm³/mol. The van der Waals surface area contributed by atoms with Crippen LogP contribution in [0.15, 0.2) is 24.3 Å². The molecule has 1 aliphatic heterocycles. The summed E-state index contributed by atoms with van der Waals surface area (Å²) in [6.07, 6.45) is 2.07. The quantitative estimate of drug-likeness (QED) is 0.911. The molecule has 1 heterocycles. The highest BCUT2D eigenvalue weighted by atomic mass is 35.5. The number of aryl methyl sites for hydroxylation is 1. The van der Waals surface area contributed by atoms with Gasteiger partial charge in [-0.3, -0.25) is 4.79 Å². The summed E-state index contributed by atoms with van der Waals surface area (Å²) in [5.74, 6) is 0.214. The highest BCUT2D eigenvalue weighted by Crippen LogP contribution is 2.13. The number of carbonyl (C=O) groups is 1. The van der Waals surface area contributed by atoms with Crippen molar-refractivity contribution in [2.75, 3.05) is 13.6 Å². The summed E-state index contributed by atoms with van der Waals surface area (Å²) in [6.45, 7) is 3.75. The van der Waals surface area contributed by atoms with Crippen LogP contribution in [0, 0.1) is 6.92 Å². The van der Waals surface area contributed by atoms with Crippen molar-refractivity contribution in [3.05, 3.63) is 35.4 Å². The van der Waals surface area contributed by atoms with E-state index in [1.165, 1.54) is 11.1 Å². The zero-order chi connectivity index (χ0) is 12.3. The number of carbonyl (C=O) groups excluding carboxylic acids is 1. The van der Waals surface area contributed by atoms with Gasteiger partial charge in [0.1, 0.15) is 0 Å². The van der Waals surface area contributed by atoms with Crippen molar-refractivity contribution in [2.45, 2.75) is 32.4 Å². The van der Waals surface area contributed by atoms with Crippen molar-refractivity contribution in [1.82, 2.24) is 10.2 Å². The smallest absolute Gasteiger partial charge is 0.239 e. The lowest BCUT2D eigenvalue weighted by atomic mass is 10.1. The molecular weight excluding hydrogens is 248 g/mol. The van der Waals surface area contributed by atoms with Crippen LogP contribution in [0.5, 0.6) is 0 Å². The first kappa shape index (κ1) is 15.0. The molecule has 1 unspecified atom stereocenters. The van der Waals surface area contributed by atoms with Crippen LogP contribution in [-0.4, -0.2) is 30.4 Å². The fourth-order valence-electron chi connectivity index (χ4n) is 2.28. The molecule has 4 heteroatoms. The first-order chi connectivity index (χ1) is 8.18. The molecule has 1 amide bonds. The zero-order valence-corrected chi connectivity index (χ0v) is 11.8. The molecule has 0 spiro atoms. The number of likely N-dealkylation sites (N-methyl/N-ethyl adjacent to an activating group) is 1. The average molecular weight is 269 g/mol. The maximum Gasteiger partial charge on any atom is 0.239 e.